The number of aryl methyl sites for hydroxylation is 1. The van der Waals surface area contributed by atoms with Crippen molar-refractivity contribution in [3.8, 4) is 5.75 Å². The molecule has 1 fully saturated rings. The lowest BCUT2D eigenvalue weighted by molar-refractivity contribution is -0.155. The number of thioether (sulfide) groups is 1. The number of piperidine rings is 1. The minimum atomic E-state index is -0.428. The van der Waals surface area contributed by atoms with Crippen LogP contribution in [0.25, 0.3) is 0 Å². The summed E-state index contributed by atoms with van der Waals surface area (Å²) in [6, 6.07) is 10.7. The largest absolute Gasteiger partial charge is 0.492 e. The molecule has 2 aromatic rings. The topological polar surface area (TPSA) is 38.8 Å². The van der Waals surface area contributed by atoms with Gasteiger partial charge in [-0.15, -0.1) is 11.8 Å². The van der Waals surface area contributed by atoms with E-state index in [0.29, 0.717) is 6.42 Å². The van der Waals surface area contributed by atoms with Crippen molar-refractivity contribution >= 4 is 40.9 Å². The number of ether oxygens (including phenoxy) is 2. The van der Waals surface area contributed by atoms with Crippen LogP contribution in [0.2, 0.25) is 10.0 Å². The Morgan fingerprint density at radius 2 is 1.84 bits per heavy atom. The first-order chi connectivity index (χ1) is 17.6. The quantitative estimate of drug-likeness (QED) is 0.227. The van der Waals surface area contributed by atoms with Crippen molar-refractivity contribution in [2.75, 3.05) is 26.2 Å². The van der Waals surface area contributed by atoms with Crippen molar-refractivity contribution < 1.29 is 14.3 Å². The molecule has 0 aliphatic carbocycles. The highest BCUT2D eigenvalue weighted by Gasteiger charge is 2.43. The number of benzene rings is 2. The van der Waals surface area contributed by atoms with Crippen LogP contribution in [0.3, 0.4) is 0 Å². The lowest BCUT2D eigenvalue weighted by atomic mass is 9.74. The minimum absolute atomic E-state index is 0.0713. The standard InChI is InChI=1S/C30H39Cl2NO3S/c1-5-6-7-21-16-25(31)23(26(32)17-21)19-37-22-8-9-24-27(18-22)35-20-30(24)11-14-33(15-12-30)13-10-28(34)36-29(2,3)4/h8-9,16-18H,5-7,10-15,19-20H2,1-4H3. The molecule has 0 saturated carbocycles. The third-order valence-corrected chi connectivity index (χ3v) is 8.99. The molecule has 0 radical (unpaired) electrons. The Hall–Kier alpha value is -1.40. The van der Waals surface area contributed by atoms with E-state index in [9.17, 15) is 4.79 Å². The van der Waals surface area contributed by atoms with Crippen LogP contribution >= 0.6 is 35.0 Å². The molecule has 7 heteroatoms. The first-order valence-electron chi connectivity index (χ1n) is 13.4. The maximum absolute atomic E-state index is 12.1. The van der Waals surface area contributed by atoms with Gasteiger partial charge in [0, 0.05) is 38.2 Å². The van der Waals surface area contributed by atoms with Crippen LogP contribution in [0.15, 0.2) is 35.2 Å². The van der Waals surface area contributed by atoms with Crippen molar-refractivity contribution in [3.05, 3.63) is 57.1 Å². The molecular weight excluding hydrogens is 525 g/mol. The molecule has 0 bridgehead atoms. The second-order valence-electron chi connectivity index (χ2n) is 11.3. The van der Waals surface area contributed by atoms with Gasteiger partial charge in [0.05, 0.1) is 13.0 Å². The Balaban J connectivity index is 1.32. The van der Waals surface area contributed by atoms with Crippen LogP contribution in [0.4, 0.5) is 0 Å². The summed E-state index contributed by atoms with van der Waals surface area (Å²) in [5.74, 6) is 1.60. The number of carbonyl (C=O) groups is 1. The number of halogens is 2. The number of likely N-dealkylation sites (tertiary alicyclic amines) is 1. The lowest BCUT2D eigenvalue weighted by Gasteiger charge is -2.38. The van der Waals surface area contributed by atoms with Crippen LogP contribution in [-0.2, 0) is 27.1 Å². The van der Waals surface area contributed by atoms with Gasteiger partial charge in [0.1, 0.15) is 11.4 Å². The van der Waals surface area contributed by atoms with Crippen molar-refractivity contribution in [2.45, 2.75) is 87.9 Å². The zero-order chi connectivity index (χ0) is 26.6. The van der Waals surface area contributed by atoms with Gasteiger partial charge in [-0.05, 0) is 94.9 Å². The molecule has 4 rings (SSSR count). The second-order valence-corrected chi connectivity index (χ2v) is 13.2. The smallest absolute Gasteiger partial charge is 0.307 e. The van der Waals surface area contributed by atoms with Crippen LogP contribution in [0.1, 0.15) is 76.5 Å². The van der Waals surface area contributed by atoms with Crippen molar-refractivity contribution in [1.82, 2.24) is 4.90 Å². The number of hydrogen-bond donors (Lipinski definition) is 0. The van der Waals surface area contributed by atoms with E-state index in [4.69, 9.17) is 32.7 Å². The highest BCUT2D eigenvalue weighted by Crippen LogP contribution is 2.47. The highest BCUT2D eigenvalue weighted by atomic mass is 35.5. The second kappa shape index (κ2) is 12.2. The normalized spacial score (nSPS) is 17.0. The Morgan fingerprint density at radius 3 is 2.49 bits per heavy atom. The Bertz CT molecular complexity index is 1080. The summed E-state index contributed by atoms with van der Waals surface area (Å²) in [5, 5.41) is 1.50. The number of fused-ring (bicyclic) bond motifs is 2. The van der Waals surface area contributed by atoms with Crippen molar-refractivity contribution in [3.63, 3.8) is 0 Å². The van der Waals surface area contributed by atoms with Gasteiger partial charge in [-0.3, -0.25) is 4.79 Å². The molecule has 0 atom stereocenters. The van der Waals surface area contributed by atoms with Crippen molar-refractivity contribution in [2.24, 2.45) is 0 Å². The average Bonchev–Trinajstić information content (AvgIpc) is 3.18. The first kappa shape index (κ1) is 28.6. The molecule has 0 unspecified atom stereocenters. The fourth-order valence-corrected chi connectivity index (χ4v) is 6.98. The number of unbranched alkanes of at least 4 members (excludes halogenated alkanes) is 1. The molecule has 4 nitrogen and oxygen atoms in total. The number of rotatable bonds is 9. The Kier molecular flexibility index (Phi) is 9.43. The van der Waals surface area contributed by atoms with Gasteiger partial charge in [0.2, 0.25) is 0 Å². The fraction of sp³-hybridized carbons (Fsp3) is 0.567. The van der Waals surface area contributed by atoms with E-state index in [1.54, 1.807) is 11.8 Å². The van der Waals surface area contributed by atoms with Gasteiger partial charge >= 0.3 is 5.97 Å². The SMILES string of the molecule is CCCCc1cc(Cl)c(CSc2ccc3c(c2)OCC32CCN(CCC(=O)OC(C)(C)C)CC2)c(Cl)c1. The molecule has 0 aromatic heterocycles. The summed E-state index contributed by atoms with van der Waals surface area (Å²) >= 11 is 14.9. The summed E-state index contributed by atoms with van der Waals surface area (Å²) < 4.78 is 11.7. The molecule has 202 valence electrons. The Morgan fingerprint density at radius 1 is 1.14 bits per heavy atom. The molecule has 2 aliphatic heterocycles. The summed E-state index contributed by atoms with van der Waals surface area (Å²) in [6.45, 7) is 11.3. The molecule has 2 aliphatic rings. The molecule has 0 N–H and O–H groups in total. The van der Waals surface area contributed by atoms with E-state index >= 15 is 0 Å². The summed E-state index contributed by atoms with van der Waals surface area (Å²) in [5.41, 5.74) is 3.16. The molecular formula is C30H39Cl2NO3S. The van der Waals surface area contributed by atoms with E-state index in [0.717, 1.165) is 90.4 Å². The molecule has 1 spiro atoms. The maximum atomic E-state index is 12.1. The average molecular weight is 565 g/mol. The first-order valence-corrected chi connectivity index (χ1v) is 15.1. The lowest BCUT2D eigenvalue weighted by Crippen LogP contribution is -2.44. The van der Waals surface area contributed by atoms with Gasteiger partial charge in [-0.25, -0.2) is 0 Å². The minimum Gasteiger partial charge on any atom is -0.492 e. The van der Waals surface area contributed by atoms with Crippen LogP contribution in [0.5, 0.6) is 5.75 Å². The highest BCUT2D eigenvalue weighted by molar-refractivity contribution is 7.98. The number of hydrogen-bond acceptors (Lipinski definition) is 5. The zero-order valence-corrected chi connectivity index (χ0v) is 24.8. The zero-order valence-electron chi connectivity index (χ0n) is 22.5. The summed E-state index contributed by atoms with van der Waals surface area (Å²) in [7, 11) is 0. The van der Waals surface area contributed by atoms with Gasteiger partial charge in [-0.2, -0.15) is 0 Å². The maximum Gasteiger partial charge on any atom is 0.307 e. The van der Waals surface area contributed by atoms with Crippen molar-refractivity contribution in [1.29, 1.82) is 0 Å². The van der Waals surface area contributed by atoms with E-state index in [2.05, 4.69) is 42.2 Å². The number of esters is 1. The van der Waals surface area contributed by atoms with E-state index < -0.39 is 5.60 Å². The third-order valence-electron chi connectivity index (χ3n) is 7.30. The van der Waals surface area contributed by atoms with Crippen LogP contribution in [-0.4, -0.2) is 42.7 Å². The molecule has 0 amide bonds. The molecule has 37 heavy (non-hydrogen) atoms. The van der Waals surface area contributed by atoms with Gasteiger partial charge in [0.15, 0.2) is 0 Å². The predicted octanol–water partition coefficient (Wildman–Crippen LogP) is 8.09. The molecule has 2 aromatic carbocycles. The summed E-state index contributed by atoms with van der Waals surface area (Å²) in [6.07, 6.45) is 5.82. The molecule has 1 saturated heterocycles. The molecule has 2 heterocycles. The Labute approximate surface area is 236 Å². The van der Waals surface area contributed by atoms with Gasteiger partial charge < -0.3 is 14.4 Å². The van der Waals surface area contributed by atoms with Gasteiger partial charge in [-0.1, -0.05) is 42.6 Å². The predicted molar refractivity (Wildman–Crippen MR) is 154 cm³/mol. The fourth-order valence-electron chi connectivity index (χ4n) is 5.18. The number of nitrogens with zero attached hydrogens (tertiary/aromatic N) is 1. The van der Waals surface area contributed by atoms with E-state index in [1.807, 2.05) is 20.8 Å². The van der Waals surface area contributed by atoms with Gasteiger partial charge in [0.25, 0.3) is 0 Å². The van der Waals surface area contributed by atoms with Crippen LogP contribution < -0.4 is 4.74 Å². The third kappa shape index (κ3) is 7.38. The number of carbonyl (C=O) groups excluding carboxylic acids is 1. The summed E-state index contributed by atoms with van der Waals surface area (Å²) in [4.78, 5) is 15.6. The van der Waals surface area contributed by atoms with Crippen LogP contribution in [0, 0.1) is 0 Å². The van der Waals surface area contributed by atoms with E-state index in [-0.39, 0.29) is 11.4 Å². The monoisotopic (exact) mass is 563 g/mol. The van der Waals surface area contributed by atoms with E-state index in [1.165, 1.54) is 11.1 Å².